The molecule has 0 aromatic carbocycles. The van der Waals surface area contributed by atoms with Crippen LogP contribution in [0.2, 0.25) is 0 Å². The molecule has 2 N–H and O–H groups in total. The van der Waals surface area contributed by atoms with Crippen LogP contribution in [-0.2, 0) is 6.42 Å². The fourth-order valence-electron chi connectivity index (χ4n) is 1.76. The van der Waals surface area contributed by atoms with Gasteiger partial charge in [0, 0.05) is 23.2 Å². The van der Waals surface area contributed by atoms with Gasteiger partial charge in [0.15, 0.2) is 0 Å². The number of fused-ring (bicyclic) bond motifs is 1. The van der Waals surface area contributed by atoms with Gasteiger partial charge in [-0.15, -0.1) is 11.3 Å². The molecule has 0 amide bonds. The summed E-state index contributed by atoms with van der Waals surface area (Å²) in [6.07, 6.45) is 4.66. The zero-order chi connectivity index (χ0) is 11.0. The molecule has 3 aromatic rings. The molecule has 3 rings (SSSR count). The number of imidazole rings is 1. The van der Waals surface area contributed by atoms with Crippen molar-refractivity contribution in [1.29, 1.82) is 0 Å². The van der Waals surface area contributed by atoms with E-state index in [0.717, 1.165) is 23.4 Å². The van der Waals surface area contributed by atoms with Gasteiger partial charge < -0.3 is 10.1 Å². The van der Waals surface area contributed by atoms with Crippen LogP contribution in [-0.4, -0.2) is 9.38 Å². The van der Waals surface area contributed by atoms with E-state index in [1.807, 2.05) is 24.5 Å². The van der Waals surface area contributed by atoms with Crippen LogP contribution in [0.3, 0.4) is 0 Å². The Hall–Kier alpha value is -1.81. The topological polar surface area (TPSA) is 43.3 Å². The van der Waals surface area contributed by atoms with Gasteiger partial charge in [-0.1, -0.05) is 6.07 Å². The Labute approximate surface area is 97.2 Å². The summed E-state index contributed by atoms with van der Waals surface area (Å²) in [7, 11) is 0. The number of pyridine rings is 1. The van der Waals surface area contributed by atoms with Crippen LogP contribution < -0.4 is 5.73 Å². The van der Waals surface area contributed by atoms with Gasteiger partial charge in [0.25, 0.3) is 0 Å². The van der Waals surface area contributed by atoms with E-state index in [1.54, 1.807) is 11.3 Å². The lowest BCUT2D eigenvalue weighted by Gasteiger charge is -2.00. The van der Waals surface area contributed by atoms with Crippen LogP contribution in [0.4, 0.5) is 5.69 Å². The van der Waals surface area contributed by atoms with Crippen molar-refractivity contribution in [3.63, 3.8) is 0 Å². The van der Waals surface area contributed by atoms with E-state index < -0.39 is 0 Å². The van der Waals surface area contributed by atoms with Crippen molar-refractivity contribution >= 4 is 22.5 Å². The van der Waals surface area contributed by atoms with Gasteiger partial charge in [-0.2, -0.15) is 0 Å². The standard InChI is InChI=1S/C12H11N3S/c13-9-3-4-10-7-14-12(15(10)8-9)6-11-2-1-5-16-11/h1-5,7-8H,6,13H2. The molecule has 80 valence electrons. The lowest BCUT2D eigenvalue weighted by molar-refractivity contribution is 0.975. The molecule has 0 saturated heterocycles. The third-order valence-corrected chi connectivity index (χ3v) is 3.42. The summed E-state index contributed by atoms with van der Waals surface area (Å²) in [6.45, 7) is 0. The average molecular weight is 229 g/mol. The number of anilines is 1. The van der Waals surface area contributed by atoms with Crippen molar-refractivity contribution < 1.29 is 0 Å². The van der Waals surface area contributed by atoms with Crippen molar-refractivity contribution in [2.45, 2.75) is 6.42 Å². The Bertz CT molecular complexity index is 610. The third kappa shape index (κ3) is 1.57. The normalized spacial score (nSPS) is 11.0. The molecule has 0 unspecified atom stereocenters. The van der Waals surface area contributed by atoms with Gasteiger partial charge in [0.05, 0.1) is 11.7 Å². The van der Waals surface area contributed by atoms with E-state index in [0.29, 0.717) is 0 Å². The van der Waals surface area contributed by atoms with Crippen molar-refractivity contribution in [1.82, 2.24) is 9.38 Å². The molecule has 0 bridgehead atoms. The monoisotopic (exact) mass is 229 g/mol. The van der Waals surface area contributed by atoms with Crippen LogP contribution in [0.1, 0.15) is 10.7 Å². The van der Waals surface area contributed by atoms with E-state index in [1.165, 1.54) is 4.88 Å². The summed E-state index contributed by atoms with van der Waals surface area (Å²) in [5.41, 5.74) is 7.63. The van der Waals surface area contributed by atoms with Crippen molar-refractivity contribution in [2.75, 3.05) is 5.73 Å². The second-order valence-corrected chi connectivity index (χ2v) is 4.72. The van der Waals surface area contributed by atoms with E-state index in [2.05, 4.69) is 26.9 Å². The SMILES string of the molecule is Nc1ccc2cnc(Cc3cccs3)n2c1. The molecule has 0 spiro atoms. The first-order valence-corrected chi connectivity index (χ1v) is 5.95. The molecular weight excluding hydrogens is 218 g/mol. The molecule has 0 atom stereocenters. The molecule has 0 radical (unpaired) electrons. The summed E-state index contributed by atoms with van der Waals surface area (Å²) < 4.78 is 2.05. The molecular formula is C12H11N3S. The maximum Gasteiger partial charge on any atom is 0.118 e. The maximum absolute atomic E-state index is 5.78. The quantitative estimate of drug-likeness (QED) is 0.734. The second-order valence-electron chi connectivity index (χ2n) is 3.69. The number of thiophene rings is 1. The molecule has 4 heteroatoms. The highest BCUT2D eigenvalue weighted by Crippen LogP contribution is 2.16. The molecule has 0 aliphatic heterocycles. The first kappa shape index (κ1) is 9.42. The maximum atomic E-state index is 5.78. The van der Waals surface area contributed by atoms with Crippen LogP contribution in [0.5, 0.6) is 0 Å². The number of rotatable bonds is 2. The minimum atomic E-state index is 0.762. The highest BCUT2D eigenvalue weighted by atomic mass is 32.1. The van der Waals surface area contributed by atoms with Gasteiger partial charge in [0.2, 0.25) is 0 Å². The zero-order valence-corrected chi connectivity index (χ0v) is 9.45. The molecule has 3 nitrogen and oxygen atoms in total. The average Bonchev–Trinajstić information content (AvgIpc) is 2.90. The van der Waals surface area contributed by atoms with Gasteiger partial charge in [0.1, 0.15) is 5.82 Å². The predicted molar refractivity (Wildman–Crippen MR) is 66.7 cm³/mol. The highest BCUT2D eigenvalue weighted by Gasteiger charge is 2.05. The Kier molecular flexibility index (Phi) is 2.15. The van der Waals surface area contributed by atoms with Crippen LogP contribution >= 0.6 is 11.3 Å². The predicted octanol–water partition coefficient (Wildman–Crippen LogP) is 2.57. The van der Waals surface area contributed by atoms with E-state index in [-0.39, 0.29) is 0 Å². The van der Waals surface area contributed by atoms with Crippen LogP contribution in [0.15, 0.2) is 42.0 Å². The van der Waals surface area contributed by atoms with E-state index >= 15 is 0 Å². The summed E-state index contributed by atoms with van der Waals surface area (Å²) in [5, 5.41) is 2.08. The molecule has 0 fully saturated rings. The minimum Gasteiger partial charge on any atom is -0.398 e. The number of nitrogen functional groups attached to an aromatic ring is 1. The highest BCUT2D eigenvalue weighted by molar-refractivity contribution is 7.09. The number of hydrogen-bond acceptors (Lipinski definition) is 3. The summed E-state index contributed by atoms with van der Waals surface area (Å²) in [6, 6.07) is 8.06. The first-order chi connectivity index (χ1) is 7.83. The summed E-state index contributed by atoms with van der Waals surface area (Å²) in [4.78, 5) is 5.74. The smallest absolute Gasteiger partial charge is 0.118 e. The number of hydrogen-bond donors (Lipinski definition) is 1. The van der Waals surface area contributed by atoms with Crippen LogP contribution in [0.25, 0.3) is 5.52 Å². The molecule has 3 heterocycles. The Morgan fingerprint density at radius 2 is 2.25 bits per heavy atom. The van der Waals surface area contributed by atoms with E-state index in [4.69, 9.17) is 5.73 Å². The zero-order valence-electron chi connectivity index (χ0n) is 8.63. The van der Waals surface area contributed by atoms with Gasteiger partial charge in [-0.05, 0) is 23.6 Å². The minimum absolute atomic E-state index is 0.762. The number of nitrogens with zero attached hydrogens (tertiary/aromatic N) is 2. The Morgan fingerprint density at radius 1 is 1.31 bits per heavy atom. The van der Waals surface area contributed by atoms with Gasteiger partial charge >= 0.3 is 0 Å². The van der Waals surface area contributed by atoms with Crippen molar-refractivity contribution in [2.24, 2.45) is 0 Å². The summed E-state index contributed by atoms with van der Waals surface area (Å²) in [5.74, 6) is 1.03. The molecule has 0 saturated carbocycles. The lowest BCUT2D eigenvalue weighted by Crippen LogP contribution is -1.96. The largest absolute Gasteiger partial charge is 0.398 e. The molecule has 0 aliphatic carbocycles. The number of nitrogens with two attached hydrogens (primary N) is 1. The fraction of sp³-hybridized carbons (Fsp3) is 0.0833. The van der Waals surface area contributed by atoms with Crippen LogP contribution in [0, 0.1) is 0 Å². The van der Waals surface area contributed by atoms with Gasteiger partial charge in [-0.3, -0.25) is 0 Å². The first-order valence-electron chi connectivity index (χ1n) is 5.07. The third-order valence-electron chi connectivity index (χ3n) is 2.54. The Morgan fingerprint density at radius 3 is 3.06 bits per heavy atom. The molecule has 16 heavy (non-hydrogen) atoms. The fourth-order valence-corrected chi connectivity index (χ4v) is 2.46. The van der Waals surface area contributed by atoms with E-state index in [9.17, 15) is 0 Å². The summed E-state index contributed by atoms with van der Waals surface area (Å²) >= 11 is 1.75. The van der Waals surface area contributed by atoms with Crippen molar-refractivity contribution in [3.8, 4) is 0 Å². The number of aromatic nitrogens is 2. The molecule has 0 aliphatic rings. The second kappa shape index (κ2) is 3.64. The Balaban J connectivity index is 2.07. The lowest BCUT2D eigenvalue weighted by atomic mass is 10.3. The molecule has 3 aromatic heterocycles. The van der Waals surface area contributed by atoms with Crippen molar-refractivity contribution in [3.05, 3.63) is 52.7 Å². The van der Waals surface area contributed by atoms with Gasteiger partial charge in [-0.25, -0.2) is 4.98 Å².